The van der Waals surface area contributed by atoms with Crippen molar-refractivity contribution in [2.45, 2.75) is 32.7 Å². The number of likely N-dealkylation sites (N-methyl/N-ethyl adjacent to an activating group) is 1. The minimum Gasteiger partial charge on any atom is -0.316 e. The highest BCUT2D eigenvalue weighted by atomic mass is 35.5. The van der Waals surface area contributed by atoms with E-state index in [9.17, 15) is 0 Å². The van der Waals surface area contributed by atoms with E-state index in [4.69, 9.17) is 11.6 Å². The molecule has 102 valence electrons. The standard InChI is InChI=1S/C15H19ClN2S/c1-10-11(2)19-15(18-10)9-14(17-3)8-12-4-6-13(16)7-5-12/h4-7,14,17H,8-9H2,1-3H3. The molecule has 0 saturated carbocycles. The minimum atomic E-state index is 0.408. The van der Waals surface area contributed by atoms with Crippen molar-refractivity contribution in [3.8, 4) is 0 Å². The molecule has 0 aliphatic carbocycles. The normalized spacial score (nSPS) is 12.6. The van der Waals surface area contributed by atoms with Gasteiger partial charge >= 0.3 is 0 Å². The summed E-state index contributed by atoms with van der Waals surface area (Å²) in [5.41, 5.74) is 2.45. The molecule has 0 bridgehead atoms. The van der Waals surface area contributed by atoms with Crippen molar-refractivity contribution in [3.05, 3.63) is 50.4 Å². The van der Waals surface area contributed by atoms with Gasteiger partial charge in [0.25, 0.3) is 0 Å². The Morgan fingerprint density at radius 2 is 1.89 bits per heavy atom. The van der Waals surface area contributed by atoms with Crippen molar-refractivity contribution in [1.82, 2.24) is 10.3 Å². The van der Waals surface area contributed by atoms with Crippen LogP contribution in [-0.2, 0) is 12.8 Å². The number of hydrogen-bond acceptors (Lipinski definition) is 3. The van der Waals surface area contributed by atoms with Crippen molar-refractivity contribution in [2.75, 3.05) is 7.05 Å². The number of aryl methyl sites for hydroxylation is 2. The first kappa shape index (κ1) is 14.5. The molecule has 2 rings (SSSR count). The fourth-order valence-electron chi connectivity index (χ4n) is 2.02. The molecule has 1 atom stereocenters. The Kier molecular flexibility index (Phi) is 4.97. The minimum absolute atomic E-state index is 0.408. The average molecular weight is 295 g/mol. The molecule has 1 N–H and O–H groups in total. The topological polar surface area (TPSA) is 24.9 Å². The molecule has 2 nitrogen and oxygen atoms in total. The zero-order valence-electron chi connectivity index (χ0n) is 11.5. The van der Waals surface area contributed by atoms with E-state index in [1.807, 2.05) is 19.2 Å². The average Bonchev–Trinajstić information content (AvgIpc) is 2.70. The van der Waals surface area contributed by atoms with Crippen LogP contribution < -0.4 is 5.32 Å². The maximum Gasteiger partial charge on any atom is 0.0946 e. The SMILES string of the molecule is CNC(Cc1ccc(Cl)cc1)Cc1nc(C)c(C)s1. The molecule has 0 aliphatic heterocycles. The van der Waals surface area contributed by atoms with E-state index < -0.39 is 0 Å². The predicted octanol–water partition coefficient (Wildman–Crippen LogP) is 3.79. The predicted molar refractivity (Wildman–Crippen MR) is 83.3 cm³/mol. The third-order valence-corrected chi connectivity index (χ3v) is 4.64. The smallest absolute Gasteiger partial charge is 0.0946 e. The number of thiazole rings is 1. The summed E-state index contributed by atoms with van der Waals surface area (Å²) in [4.78, 5) is 5.93. The van der Waals surface area contributed by atoms with Gasteiger partial charge in [-0.3, -0.25) is 0 Å². The van der Waals surface area contributed by atoms with E-state index >= 15 is 0 Å². The number of halogens is 1. The highest BCUT2D eigenvalue weighted by Gasteiger charge is 2.12. The molecule has 1 aromatic carbocycles. The van der Waals surface area contributed by atoms with E-state index in [1.165, 1.54) is 15.4 Å². The summed E-state index contributed by atoms with van der Waals surface area (Å²) in [6, 6.07) is 8.48. The number of aromatic nitrogens is 1. The first-order chi connectivity index (χ1) is 9.08. The quantitative estimate of drug-likeness (QED) is 0.907. The maximum absolute atomic E-state index is 5.91. The van der Waals surface area contributed by atoms with Crippen LogP contribution in [0.4, 0.5) is 0 Å². The Bertz CT molecular complexity index is 514. The molecule has 0 radical (unpaired) electrons. The van der Waals surface area contributed by atoms with E-state index in [2.05, 4.69) is 36.3 Å². The summed E-state index contributed by atoms with van der Waals surface area (Å²) >= 11 is 7.71. The molecule has 4 heteroatoms. The second-order valence-electron chi connectivity index (χ2n) is 4.77. The Morgan fingerprint density at radius 1 is 1.21 bits per heavy atom. The lowest BCUT2D eigenvalue weighted by Gasteiger charge is -2.14. The van der Waals surface area contributed by atoms with Crippen LogP contribution in [0.25, 0.3) is 0 Å². The number of hydrogen-bond donors (Lipinski definition) is 1. The van der Waals surface area contributed by atoms with Crippen LogP contribution in [0.5, 0.6) is 0 Å². The largest absolute Gasteiger partial charge is 0.316 e. The zero-order valence-corrected chi connectivity index (χ0v) is 13.1. The van der Waals surface area contributed by atoms with E-state index in [0.29, 0.717) is 6.04 Å². The first-order valence-corrected chi connectivity index (χ1v) is 7.62. The van der Waals surface area contributed by atoms with Gasteiger partial charge in [0.1, 0.15) is 0 Å². The van der Waals surface area contributed by atoms with Crippen LogP contribution in [0.1, 0.15) is 21.1 Å². The lowest BCUT2D eigenvalue weighted by atomic mass is 10.0. The van der Waals surface area contributed by atoms with Crippen molar-refractivity contribution >= 4 is 22.9 Å². The van der Waals surface area contributed by atoms with Crippen LogP contribution >= 0.6 is 22.9 Å². The van der Waals surface area contributed by atoms with Crippen LogP contribution in [0.2, 0.25) is 5.02 Å². The summed E-state index contributed by atoms with van der Waals surface area (Å²) in [5, 5.41) is 5.38. The van der Waals surface area contributed by atoms with Gasteiger partial charge in [-0.2, -0.15) is 0 Å². The van der Waals surface area contributed by atoms with E-state index in [1.54, 1.807) is 11.3 Å². The summed E-state index contributed by atoms with van der Waals surface area (Å²) in [6.07, 6.45) is 1.96. The number of benzene rings is 1. The Morgan fingerprint density at radius 3 is 2.42 bits per heavy atom. The molecule has 1 aromatic heterocycles. The Balaban J connectivity index is 2.02. The maximum atomic E-state index is 5.91. The van der Waals surface area contributed by atoms with Crippen molar-refractivity contribution in [1.29, 1.82) is 0 Å². The Labute approximate surface area is 123 Å². The highest BCUT2D eigenvalue weighted by molar-refractivity contribution is 7.11. The monoisotopic (exact) mass is 294 g/mol. The summed E-state index contributed by atoms with van der Waals surface area (Å²) in [5.74, 6) is 0. The van der Waals surface area contributed by atoms with Gasteiger partial charge in [0.05, 0.1) is 10.7 Å². The molecule has 2 aromatic rings. The fourth-order valence-corrected chi connectivity index (χ4v) is 3.16. The number of nitrogens with zero attached hydrogens (tertiary/aromatic N) is 1. The van der Waals surface area contributed by atoms with Crippen molar-refractivity contribution in [3.63, 3.8) is 0 Å². The molecular weight excluding hydrogens is 276 g/mol. The second-order valence-corrected chi connectivity index (χ2v) is 6.49. The third kappa shape index (κ3) is 4.03. The fraction of sp³-hybridized carbons (Fsp3) is 0.400. The molecule has 0 saturated heterocycles. The zero-order chi connectivity index (χ0) is 13.8. The van der Waals surface area contributed by atoms with Crippen molar-refractivity contribution in [2.24, 2.45) is 0 Å². The molecule has 1 unspecified atom stereocenters. The summed E-state index contributed by atoms with van der Waals surface area (Å²) in [7, 11) is 2.01. The van der Waals surface area contributed by atoms with E-state index in [-0.39, 0.29) is 0 Å². The van der Waals surface area contributed by atoms with Gasteiger partial charge in [-0.15, -0.1) is 11.3 Å². The van der Waals surface area contributed by atoms with Gasteiger partial charge in [0, 0.05) is 22.4 Å². The third-order valence-electron chi connectivity index (χ3n) is 3.30. The van der Waals surface area contributed by atoms with Crippen LogP contribution in [0.15, 0.2) is 24.3 Å². The molecule has 0 aliphatic rings. The van der Waals surface area contributed by atoms with Gasteiger partial charge in [-0.05, 0) is 45.0 Å². The van der Waals surface area contributed by atoms with Gasteiger partial charge in [0.2, 0.25) is 0 Å². The molecule has 0 amide bonds. The molecule has 0 spiro atoms. The molecule has 19 heavy (non-hydrogen) atoms. The van der Waals surface area contributed by atoms with Crippen LogP contribution in [0.3, 0.4) is 0 Å². The number of nitrogens with one attached hydrogen (secondary N) is 1. The highest BCUT2D eigenvalue weighted by Crippen LogP contribution is 2.19. The van der Waals surface area contributed by atoms with Gasteiger partial charge in [0.15, 0.2) is 0 Å². The molecular formula is C15H19ClN2S. The van der Waals surface area contributed by atoms with E-state index in [0.717, 1.165) is 23.6 Å². The number of rotatable bonds is 5. The van der Waals surface area contributed by atoms with Crippen molar-refractivity contribution < 1.29 is 0 Å². The lowest BCUT2D eigenvalue weighted by molar-refractivity contribution is 0.555. The first-order valence-electron chi connectivity index (χ1n) is 6.43. The second kappa shape index (κ2) is 6.51. The van der Waals surface area contributed by atoms with Crippen LogP contribution in [0, 0.1) is 13.8 Å². The van der Waals surface area contributed by atoms with Crippen LogP contribution in [-0.4, -0.2) is 18.1 Å². The van der Waals surface area contributed by atoms with Gasteiger partial charge in [-0.25, -0.2) is 4.98 Å². The van der Waals surface area contributed by atoms with Gasteiger partial charge in [-0.1, -0.05) is 23.7 Å². The molecule has 1 heterocycles. The lowest BCUT2D eigenvalue weighted by Crippen LogP contribution is -2.29. The van der Waals surface area contributed by atoms with Gasteiger partial charge < -0.3 is 5.32 Å². The molecule has 0 fully saturated rings. The Hall–Kier alpha value is -0.900. The summed E-state index contributed by atoms with van der Waals surface area (Å²) < 4.78 is 0. The summed E-state index contributed by atoms with van der Waals surface area (Å²) in [6.45, 7) is 4.20.